The Morgan fingerprint density at radius 2 is 1.37 bits per heavy atom. The number of aliphatic hydroxyl groups is 1. The van der Waals surface area contributed by atoms with Gasteiger partial charge >= 0.3 is 0 Å². The van der Waals surface area contributed by atoms with Gasteiger partial charge in [0.1, 0.15) is 61.5 Å². The van der Waals surface area contributed by atoms with Gasteiger partial charge in [0.05, 0.1) is 6.61 Å². The molecule has 0 amide bonds. The Hall–Kier alpha value is -2.30. The van der Waals surface area contributed by atoms with Crippen molar-refractivity contribution in [1.82, 2.24) is 0 Å². The van der Waals surface area contributed by atoms with Crippen molar-refractivity contribution in [2.75, 3.05) is 26.6 Å². The van der Waals surface area contributed by atoms with Crippen LogP contribution in [0.1, 0.15) is 6.92 Å². The Morgan fingerprint density at radius 1 is 0.867 bits per heavy atom. The highest BCUT2D eigenvalue weighted by Gasteiger charge is 2.40. The van der Waals surface area contributed by atoms with E-state index in [4.69, 9.17) is 28.7 Å². The number of aliphatic hydroxyl groups excluding tert-OH is 1. The van der Waals surface area contributed by atoms with Gasteiger partial charge in [-0.25, -0.2) is 18.6 Å². The third-order valence-corrected chi connectivity index (χ3v) is 4.40. The fraction of sp³-hybridized carbons (Fsp3) is 0.429. The summed E-state index contributed by atoms with van der Waals surface area (Å²) in [6, 6.07) is 11.0. The Balaban J connectivity index is 1.62. The van der Waals surface area contributed by atoms with Gasteiger partial charge in [0.25, 0.3) is 0 Å². The molecule has 9 heteroatoms. The smallest absolute Gasteiger partial charge is 0.151 e. The predicted molar refractivity (Wildman–Crippen MR) is 101 cm³/mol. The third-order valence-electron chi connectivity index (χ3n) is 4.40. The van der Waals surface area contributed by atoms with E-state index in [0.717, 1.165) is 0 Å². The quantitative estimate of drug-likeness (QED) is 0.488. The van der Waals surface area contributed by atoms with Gasteiger partial charge in [-0.05, 0) is 55.5 Å². The summed E-state index contributed by atoms with van der Waals surface area (Å²) in [5.41, 5.74) is 0. The first-order valence-corrected chi connectivity index (χ1v) is 9.53. The van der Waals surface area contributed by atoms with Gasteiger partial charge in [-0.15, -0.1) is 0 Å². The van der Waals surface area contributed by atoms with Crippen LogP contribution in [-0.2, 0) is 19.2 Å². The third kappa shape index (κ3) is 6.35. The molecule has 2 unspecified atom stereocenters. The van der Waals surface area contributed by atoms with Crippen LogP contribution in [0.15, 0.2) is 48.5 Å². The summed E-state index contributed by atoms with van der Waals surface area (Å²) in [7, 11) is 0. The minimum atomic E-state index is -1.17. The van der Waals surface area contributed by atoms with Gasteiger partial charge in [-0.1, -0.05) is 0 Å². The minimum absolute atomic E-state index is 0.00926. The molecule has 0 bridgehead atoms. The van der Waals surface area contributed by atoms with Crippen molar-refractivity contribution in [1.29, 1.82) is 0 Å². The van der Waals surface area contributed by atoms with Crippen LogP contribution in [0.25, 0.3) is 0 Å². The molecule has 0 saturated carbocycles. The van der Waals surface area contributed by atoms with E-state index in [1.165, 1.54) is 48.5 Å². The molecule has 2 aromatic rings. The zero-order chi connectivity index (χ0) is 21.3. The van der Waals surface area contributed by atoms with Crippen LogP contribution in [0.5, 0.6) is 11.5 Å². The van der Waals surface area contributed by atoms with Crippen LogP contribution in [0.4, 0.5) is 8.78 Å². The maximum absolute atomic E-state index is 13.0. The molecule has 0 radical (unpaired) electrons. The molecule has 4 atom stereocenters. The van der Waals surface area contributed by atoms with Gasteiger partial charge in [-0.3, -0.25) is 0 Å². The molecule has 1 N–H and O–H groups in total. The number of benzene rings is 2. The average molecular weight is 426 g/mol. The second kappa shape index (κ2) is 11.2. The molecule has 1 fully saturated rings. The highest BCUT2D eigenvalue weighted by Crippen LogP contribution is 2.22. The van der Waals surface area contributed by atoms with Crippen LogP contribution in [0.2, 0.25) is 0 Å². The monoisotopic (exact) mass is 426 g/mol. The maximum atomic E-state index is 13.0. The molecule has 3 rings (SSSR count). The molecule has 1 aliphatic rings. The summed E-state index contributed by atoms with van der Waals surface area (Å²) in [6.07, 6.45) is -3.63. The van der Waals surface area contributed by atoms with Crippen LogP contribution >= 0.6 is 0 Å². The summed E-state index contributed by atoms with van der Waals surface area (Å²) >= 11 is 0. The fourth-order valence-corrected chi connectivity index (χ4v) is 2.81. The number of halogens is 2. The van der Waals surface area contributed by atoms with Crippen molar-refractivity contribution < 1.29 is 42.6 Å². The molecule has 1 saturated heterocycles. The molecule has 7 nitrogen and oxygen atoms in total. The first kappa shape index (κ1) is 22.4. The molecule has 0 spiro atoms. The first-order valence-electron chi connectivity index (χ1n) is 9.53. The van der Waals surface area contributed by atoms with E-state index in [9.17, 15) is 13.9 Å². The first-order chi connectivity index (χ1) is 14.6. The maximum Gasteiger partial charge on any atom is 0.151 e. The van der Waals surface area contributed by atoms with Crippen molar-refractivity contribution >= 4 is 0 Å². The summed E-state index contributed by atoms with van der Waals surface area (Å²) < 4.78 is 48.5. The van der Waals surface area contributed by atoms with E-state index in [2.05, 4.69) is 0 Å². The number of hydrogen-bond donors (Lipinski definition) is 1. The van der Waals surface area contributed by atoms with E-state index in [1.54, 1.807) is 6.92 Å². The molecule has 164 valence electrons. The highest BCUT2D eigenvalue weighted by molar-refractivity contribution is 5.23. The van der Waals surface area contributed by atoms with Crippen molar-refractivity contribution in [3.8, 4) is 11.5 Å². The normalized spacial score (nSPS) is 24.3. The van der Waals surface area contributed by atoms with Crippen LogP contribution in [0.3, 0.4) is 0 Å². The van der Waals surface area contributed by atoms with Gasteiger partial charge in [0.2, 0.25) is 0 Å². The lowest BCUT2D eigenvalue weighted by Crippen LogP contribution is -2.48. The molecular formula is C21H24F2O7. The van der Waals surface area contributed by atoms with Crippen molar-refractivity contribution in [3.05, 3.63) is 60.2 Å². The van der Waals surface area contributed by atoms with E-state index in [1.807, 2.05) is 0 Å². The standard InChI is InChI=1S/C21H24F2O7/c1-2-29-30-21-19(12-26-17-9-5-15(23)6-10-17)28-13-27-18(20(21)24)11-25-16-7-3-14(22)4-8-16/h3-10,18-21,24H,2,11-13H2,1H3/t18-,19-,20?,21?/m0/s1. The van der Waals surface area contributed by atoms with Crippen molar-refractivity contribution in [3.63, 3.8) is 0 Å². The van der Waals surface area contributed by atoms with E-state index in [-0.39, 0.29) is 38.2 Å². The zero-order valence-electron chi connectivity index (χ0n) is 16.4. The van der Waals surface area contributed by atoms with Crippen molar-refractivity contribution in [2.24, 2.45) is 0 Å². The topological polar surface area (TPSA) is 75.6 Å². The lowest BCUT2D eigenvalue weighted by molar-refractivity contribution is -0.352. The fourth-order valence-electron chi connectivity index (χ4n) is 2.81. The summed E-state index contributed by atoms with van der Waals surface area (Å²) in [6.45, 7) is 1.84. The second-order valence-corrected chi connectivity index (χ2v) is 6.52. The summed E-state index contributed by atoms with van der Waals surface area (Å²) in [4.78, 5) is 10.4. The summed E-state index contributed by atoms with van der Waals surface area (Å²) in [5, 5.41) is 10.8. The molecule has 1 heterocycles. The lowest BCUT2D eigenvalue weighted by atomic mass is 10.0. The van der Waals surface area contributed by atoms with E-state index < -0.39 is 24.4 Å². The Bertz CT molecular complexity index is 757. The molecule has 0 aliphatic carbocycles. The minimum Gasteiger partial charge on any atom is -0.491 e. The number of hydrogen-bond acceptors (Lipinski definition) is 7. The van der Waals surface area contributed by atoms with Crippen LogP contribution in [0, 0.1) is 11.6 Å². The summed E-state index contributed by atoms with van der Waals surface area (Å²) in [5.74, 6) is 0.107. The average Bonchev–Trinajstić information content (AvgIpc) is 2.90. The van der Waals surface area contributed by atoms with Gasteiger partial charge in [0, 0.05) is 0 Å². The predicted octanol–water partition coefficient (Wildman–Crippen LogP) is 2.86. The van der Waals surface area contributed by atoms with Crippen LogP contribution in [-0.4, -0.2) is 56.1 Å². The second-order valence-electron chi connectivity index (χ2n) is 6.52. The number of ether oxygens (including phenoxy) is 4. The molecule has 0 aromatic heterocycles. The number of rotatable bonds is 9. The Labute approximate surface area is 173 Å². The van der Waals surface area contributed by atoms with E-state index in [0.29, 0.717) is 11.5 Å². The highest BCUT2D eigenvalue weighted by atomic mass is 19.1. The Kier molecular flexibility index (Phi) is 8.35. The molecule has 30 heavy (non-hydrogen) atoms. The zero-order valence-corrected chi connectivity index (χ0v) is 16.4. The molecule has 1 aliphatic heterocycles. The molecular weight excluding hydrogens is 402 g/mol. The van der Waals surface area contributed by atoms with E-state index >= 15 is 0 Å². The van der Waals surface area contributed by atoms with Crippen molar-refractivity contribution in [2.45, 2.75) is 31.3 Å². The molecule has 2 aromatic carbocycles. The van der Waals surface area contributed by atoms with Gasteiger partial charge < -0.3 is 24.1 Å². The largest absolute Gasteiger partial charge is 0.491 e. The van der Waals surface area contributed by atoms with Crippen LogP contribution < -0.4 is 9.47 Å². The Morgan fingerprint density at radius 3 is 1.90 bits per heavy atom. The SMILES string of the molecule is CCOOC1C(O)[C@H](COc2ccc(F)cc2)OCO[C@H]1COc1ccc(F)cc1. The lowest BCUT2D eigenvalue weighted by Gasteiger charge is -2.28. The van der Waals surface area contributed by atoms with Gasteiger partial charge in [-0.2, -0.15) is 0 Å². The van der Waals surface area contributed by atoms with Gasteiger partial charge in [0.15, 0.2) is 6.10 Å².